The molecule has 2 aromatic rings. The van der Waals surface area contributed by atoms with Gasteiger partial charge in [0.2, 0.25) is 0 Å². The van der Waals surface area contributed by atoms with Crippen LogP contribution in [-0.4, -0.2) is 46.0 Å². The summed E-state index contributed by atoms with van der Waals surface area (Å²) in [7, 11) is -0.667. The summed E-state index contributed by atoms with van der Waals surface area (Å²) in [5.41, 5.74) is 0.588. The van der Waals surface area contributed by atoms with E-state index in [0.29, 0.717) is 18.6 Å². The molecule has 7 heteroatoms. The Morgan fingerprint density at radius 3 is 2.28 bits per heavy atom. The Morgan fingerprint density at radius 2 is 1.72 bits per heavy atom. The van der Waals surface area contributed by atoms with E-state index in [2.05, 4.69) is 33.9 Å². The van der Waals surface area contributed by atoms with Crippen LogP contribution in [0.5, 0.6) is 5.75 Å². The van der Waals surface area contributed by atoms with Crippen molar-refractivity contribution < 1.29 is 28.2 Å². The fraction of sp³-hybridized carbons (Fsp3) is 0.517. The zero-order chi connectivity index (χ0) is 26.6. The Kier molecular flexibility index (Phi) is 8.80. The summed E-state index contributed by atoms with van der Waals surface area (Å²) in [6.07, 6.45) is 0.874. The summed E-state index contributed by atoms with van der Waals surface area (Å²) in [5, 5.41) is -0.0640. The Morgan fingerprint density at radius 1 is 1.08 bits per heavy atom. The molecule has 36 heavy (non-hydrogen) atoms. The lowest BCUT2D eigenvalue weighted by Crippen LogP contribution is -2.55. The molecule has 1 aliphatic rings. The van der Waals surface area contributed by atoms with Gasteiger partial charge in [-0.3, -0.25) is 0 Å². The largest absolute Gasteiger partial charge is 0.497 e. The van der Waals surface area contributed by atoms with Crippen LogP contribution in [-0.2, 0) is 25.3 Å². The molecule has 2 aromatic carbocycles. The van der Waals surface area contributed by atoms with E-state index in [4.69, 9.17) is 18.6 Å². The minimum absolute atomic E-state index is 0.0640. The molecule has 3 rings (SSSR count). The van der Waals surface area contributed by atoms with E-state index in [-0.39, 0.29) is 17.6 Å². The molecule has 0 heterocycles. The molecule has 0 saturated heterocycles. The molecule has 0 spiro atoms. The first-order valence-corrected chi connectivity index (χ1v) is 15.5. The van der Waals surface area contributed by atoms with Gasteiger partial charge in [0.1, 0.15) is 18.1 Å². The van der Waals surface area contributed by atoms with Crippen LogP contribution in [0.1, 0.15) is 50.0 Å². The molecule has 0 aliphatic heterocycles. The fourth-order valence-electron chi connectivity index (χ4n) is 4.63. The summed E-state index contributed by atoms with van der Waals surface area (Å²) in [4.78, 5) is 25.5. The first-order chi connectivity index (χ1) is 16.9. The maximum absolute atomic E-state index is 12.9. The topological polar surface area (TPSA) is 71.1 Å². The van der Waals surface area contributed by atoms with Crippen LogP contribution in [0.15, 0.2) is 54.6 Å². The second kappa shape index (κ2) is 11.3. The lowest BCUT2D eigenvalue weighted by molar-refractivity contribution is -0.127. The lowest BCUT2D eigenvalue weighted by atomic mass is 9.92. The Labute approximate surface area is 216 Å². The van der Waals surface area contributed by atoms with Gasteiger partial charge in [-0.1, -0.05) is 58.0 Å². The maximum Gasteiger partial charge on any atom is 0.338 e. The predicted molar refractivity (Wildman–Crippen MR) is 143 cm³/mol. The molecule has 1 aliphatic carbocycles. The standard InChI is InChI=1S/C29H40O6Si/c1-21-17-29(35-36(6,7)28(2,3)4,20-33-19-22-13-15-24(32-5)16-14-22)25(18-30)26(21)34-27(31)23-11-9-8-10-12-23/h8-16,18,21,25-26H,17,19-20H2,1-7H3/t21-,25-,26+,29-/m0/s1. The summed E-state index contributed by atoms with van der Waals surface area (Å²) in [6, 6.07) is 16.6. The number of benzene rings is 2. The van der Waals surface area contributed by atoms with Gasteiger partial charge in [0, 0.05) is 0 Å². The number of methoxy groups -OCH3 is 1. The number of carbonyl (C=O) groups is 2. The summed E-state index contributed by atoms with van der Waals surface area (Å²) >= 11 is 0. The zero-order valence-corrected chi connectivity index (χ0v) is 23.6. The van der Waals surface area contributed by atoms with Gasteiger partial charge in [0.05, 0.1) is 37.4 Å². The van der Waals surface area contributed by atoms with Crippen molar-refractivity contribution in [2.45, 2.75) is 70.6 Å². The number of carbonyl (C=O) groups excluding carboxylic acids is 2. The van der Waals surface area contributed by atoms with Crippen molar-refractivity contribution in [1.82, 2.24) is 0 Å². The van der Waals surface area contributed by atoms with E-state index in [1.807, 2.05) is 37.3 Å². The highest BCUT2D eigenvalue weighted by Crippen LogP contribution is 2.49. The minimum Gasteiger partial charge on any atom is -0.497 e. The van der Waals surface area contributed by atoms with Gasteiger partial charge in [-0.05, 0) is 60.3 Å². The number of rotatable bonds is 10. The average Bonchev–Trinajstić information content (AvgIpc) is 3.08. The van der Waals surface area contributed by atoms with Crippen LogP contribution in [0, 0.1) is 11.8 Å². The summed E-state index contributed by atoms with van der Waals surface area (Å²) in [6.45, 7) is 13.5. The molecule has 196 valence electrons. The van der Waals surface area contributed by atoms with Crippen molar-refractivity contribution >= 4 is 20.6 Å². The van der Waals surface area contributed by atoms with Crippen molar-refractivity contribution in [2.75, 3.05) is 13.7 Å². The van der Waals surface area contributed by atoms with Gasteiger partial charge in [0.15, 0.2) is 8.32 Å². The van der Waals surface area contributed by atoms with E-state index in [0.717, 1.165) is 17.6 Å². The monoisotopic (exact) mass is 512 g/mol. The van der Waals surface area contributed by atoms with Gasteiger partial charge >= 0.3 is 5.97 Å². The normalized spacial score (nSPS) is 24.4. The van der Waals surface area contributed by atoms with E-state index < -0.39 is 31.9 Å². The van der Waals surface area contributed by atoms with Crippen LogP contribution in [0.3, 0.4) is 0 Å². The molecule has 0 aromatic heterocycles. The number of esters is 1. The molecule has 6 nitrogen and oxygen atoms in total. The van der Waals surface area contributed by atoms with E-state index in [1.165, 1.54) is 0 Å². The molecule has 0 unspecified atom stereocenters. The van der Waals surface area contributed by atoms with Crippen molar-refractivity contribution in [3.05, 3.63) is 65.7 Å². The van der Waals surface area contributed by atoms with Crippen LogP contribution in [0.25, 0.3) is 0 Å². The van der Waals surface area contributed by atoms with Crippen molar-refractivity contribution in [3.63, 3.8) is 0 Å². The number of hydrogen-bond acceptors (Lipinski definition) is 6. The molecule has 0 radical (unpaired) electrons. The van der Waals surface area contributed by atoms with Gasteiger partial charge < -0.3 is 23.4 Å². The van der Waals surface area contributed by atoms with Crippen LogP contribution < -0.4 is 4.74 Å². The second-order valence-electron chi connectivity index (χ2n) is 11.3. The van der Waals surface area contributed by atoms with Crippen molar-refractivity contribution in [2.24, 2.45) is 11.8 Å². The maximum atomic E-state index is 12.9. The number of ether oxygens (including phenoxy) is 3. The van der Waals surface area contributed by atoms with Crippen molar-refractivity contribution in [3.8, 4) is 5.75 Å². The van der Waals surface area contributed by atoms with Gasteiger partial charge in [-0.15, -0.1) is 0 Å². The van der Waals surface area contributed by atoms with E-state index in [9.17, 15) is 9.59 Å². The van der Waals surface area contributed by atoms with Crippen LogP contribution >= 0.6 is 0 Å². The van der Waals surface area contributed by atoms with Gasteiger partial charge in [-0.25, -0.2) is 4.79 Å². The highest BCUT2D eigenvalue weighted by atomic mass is 28.4. The smallest absolute Gasteiger partial charge is 0.338 e. The average molecular weight is 513 g/mol. The SMILES string of the molecule is COc1ccc(COC[C@@]2(O[Si](C)(C)C(C)(C)C)C[C@H](C)[C@@H](OC(=O)c3ccccc3)[C@@H]2C=O)cc1. The summed E-state index contributed by atoms with van der Waals surface area (Å²) < 4.78 is 24.4. The van der Waals surface area contributed by atoms with Crippen LogP contribution in [0.4, 0.5) is 0 Å². The molecule has 4 atom stereocenters. The third-order valence-corrected chi connectivity index (χ3v) is 12.2. The first kappa shape index (κ1) is 28.1. The highest BCUT2D eigenvalue weighted by molar-refractivity contribution is 6.74. The lowest BCUT2D eigenvalue weighted by Gasteiger charge is -2.46. The molecule has 1 saturated carbocycles. The fourth-order valence-corrected chi connectivity index (χ4v) is 6.23. The van der Waals surface area contributed by atoms with Gasteiger partial charge in [0.25, 0.3) is 0 Å². The Balaban J connectivity index is 1.86. The molecular weight excluding hydrogens is 472 g/mol. The van der Waals surface area contributed by atoms with Gasteiger partial charge in [-0.2, -0.15) is 0 Å². The van der Waals surface area contributed by atoms with Crippen molar-refractivity contribution in [1.29, 1.82) is 0 Å². The highest BCUT2D eigenvalue weighted by Gasteiger charge is 2.58. The first-order valence-electron chi connectivity index (χ1n) is 12.5. The Bertz CT molecular complexity index is 1010. The number of aldehydes is 1. The van der Waals surface area contributed by atoms with E-state index >= 15 is 0 Å². The summed E-state index contributed by atoms with van der Waals surface area (Å²) in [5.74, 6) is -0.348. The second-order valence-corrected chi connectivity index (χ2v) is 16.1. The van der Waals surface area contributed by atoms with Crippen LogP contribution in [0.2, 0.25) is 18.1 Å². The third-order valence-electron chi connectivity index (χ3n) is 7.63. The zero-order valence-electron chi connectivity index (χ0n) is 22.6. The molecular formula is C29H40O6Si. The quantitative estimate of drug-likeness (QED) is 0.219. The van der Waals surface area contributed by atoms with E-state index in [1.54, 1.807) is 31.4 Å². The minimum atomic E-state index is -2.30. The number of hydrogen-bond donors (Lipinski definition) is 0. The third kappa shape index (κ3) is 6.25. The molecule has 0 bridgehead atoms. The predicted octanol–water partition coefficient (Wildman–Crippen LogP) is 6.05. The molecule has 0 N–H and O–H groups in total. The Hall–Kier alpha value is -2.48. The molecule has 0 amide bonds. The molecule has 1 fully saturated rings.